The number of H-pyrrole nitrogens is 2. The van der Waals surface area contributed by atoms with E-state index >= 15 is 0 Å². The van der Waals surface area contributed by atoms with Crippen molar-refractivity contribution < 1.29 is 14.6 Å². The summed E-state index contributed by atoms with van der Waals surface area (Å²) >= 11 is 0. The van der Waals surface area contributed by atoms with Crippen LogP contribution in [0.4, 0.5) is 0 Å². The van der Waals surface area contributed by atoms with Crippen LogP contribution in [0.1, 0.15) is 38.6 Å². The summed E-state index contributed by atoms with van der Waals surface area (Å²) in [5.41, 5.74) is -2.57. The molecule has 0 saturated heterocycles. The smallest absolute Gasteiger partial charge is 0.333 e. The average molecular weight is 327 g/mol. The second-order valence-electron chi connectivity index (χ2n) is 4.99. The van der Waals surface area contributed by atoms with Crippen LogP contribution in [-0.4, -0.2) is 38.3 Å². The van der Waals surface area contributed by atoms with Gasteiger partial charge in [0.05, 0.1) is 0 Å². The Balaban J connectivity index is 3.12. The van der Waals surface area contributed by atoms with Gasteiger partial charge in [-0.25, -0.2) is 23.7 Å². The number of nitrogens with one attached hydrogen (secondary N) is 2. The molecule has 0 amide bonds. The van der Waals surface area contributed by atoms with Crippen LogP contribution in [0.3, 0.4) is 0 Å². The Morgan fingerprint density at radius 1 is 1.35 bits per heavy atom. The number of esters is 1. The zero-order valence-corrected chi connectivity index (χ0v) is 12.9. The monoisotopic (exact) mass is 327 g/mol. The number of ether oxygens (including phenoxy) is 1. The fraction of sp³-hybridized carbons (Fsp3) is 0.571. The zero-order valence-electron chi connectivity index (χ0n) is 12.9. The number of aliphatic hydroxyl groups excluding tert-OH is 1. The molecule has 2 unspecified atom stereocenters. The topological polar surface area (TPSA) is 134 Å². The molecule has 2 atom stereocenters. The molecule has 1 aromatic rings. The maximum absolute atomic E-state index is 11.9. The summed E-state index contributed by atoms with van der Waals surface area (Å²) in [5, 5.41) is 8.99. The Morgan fingerprint density at radius 2 is 1.96 bits per heavy atom. The third kappa shape index (κ3) is 5.37. The molecule has 0 spiro atoms. The van der Waals surface area contributed by atoms with Crippen LogP contribution in [0.2, 0.25) is 0 Å². The van der Waals surface area contributed by atoms with Gasteiger partial charge in [-0.3, -0.25) is 9.97 Å². The van der Waals surface area contributed by atoms with Crippen molar-refractivity contribution in [3.63, 3.8) is 0 Å². The first-order valence-electron chi connectivity index (χ1n) is 7.31. The average Bonchev–Trinajstić information content (AvgIpc) is 2.50. The van der Waals surface area contributed by atoms with Gasteiger partial charge in [0, 0.05) is 25.1 Å². The van der Waals surface area contributed by atoms with Gasteiger partial charge < -0.3 is 9.84 Å². The lowest BCUT2D eigenvalue weighted by molar-refractivity contribution is -0.143. The molecule has 3 N–H and O–H groups in total. The minimum Gasteiger partial charge on any atom is -0.459 e. The fourth-order valence-corrected chi connectivity index (χ4v) is 2.26. The molecule has 0 aliphatic heterocycles. The van der Waals surface area contributed by atoms with E-state index in [0.717, 1.165) is 10.6 Å². The van der Waals surface area contributed by atoms with Crippen LogP contribution >= 0.6 is 0 Å². The van der Waals surface area contributed by atoms with E-state index in [9.17, 15) is 19.2 Å². The van der Waals surface area contributed by atoms with Gasteiger partial charge in [0.2, 0.25) is 0 Å². The second-order valence-corrected chi connectivity index (χ2v) is 4.99. The molecule has 1 heterocycles. The van der Waals surface area contributed by atoms with E-state index in [0.29, 0.717) is 19.3 Å². The standard InChI is InChI=1S/C14H21N3O6/c1-3-10(23-11(19)4-2)8-9(6-5-7-18)17-13(21)15-12(20)16-14(17)22/h4,9-10,18H,2-3,5-8H2,1H3,(H2,15,16,20,21,22). The van der Waals surface area contributed by atoms with E-state index in [2.05, 4.69) is 6.58 Å². The maximum atomic E-state index is 11.9. The van der Waals surface area contributed by atoms with E-state index in [4.69, 9.17) is 9.84 Å². The second kappa shape index (κ2) is 8.89. The van der Waals surface area contributed by atoms with Crippen molar-refractivity contribution in [3.8, 4) is 0 Å². The van der Waals surface area contributed by atoms with E-state index in [1.165, 1.54) is 0 Å². The quantitative estimate of drug-likeness (QED) is 0.411. The summed E-state index contributed by atoms with van der Waals surface area (Å²) in [7, 11) is 0. The number of aliphatic hydroxyl groups is 1. The van der Waals surface area contributed by atoms with Crippen LogP contribution < -0.4 is 17.1 Å². The number of hydrogen-bond acceptors (Lipinski definition) is 6. The SMILES string of the molecule is C=CC(=O)OC(CC)CC(CCCO)n1c(=O)[nH]c(=O)[nH]c1=O. The van der Waals surface area contributed by atoms with Gasteiger partial charge in [0.25, 0.3) is 0 Å². The molecule has 1 rings (SSSR count). The van der Waals surface area contributed by atoms with Crippen molar-refractivity contribution in [3.05, 3.63) is 44.1 Å². The summed E-state index contributed by atoms with van der Waals surface area (Å²) in [5.74, 6) is -0.597. The highest BCUT2D eigenvalue weighted by molar-refractivity contribution is 5.81. The summed E-state index contributed by atoms with van der Waals surface area (Å²) in [6.45, 7) is 5.00. The first-order chi connectivity index (χ1) is 10.9. The molecule has 0 radical (unpaired) electrons. The van der Waals surface area contributed by atoms with Gasteiger partial charge in [-0.2, -0.15) is 0 Å². The Bertz CT molecular complexity index is 667. The molecular weight excluding hydrogens is 306 g/mol. The molecule has 128 valence electrons. The van der Waals surface area contributed by atoms with Gasteiger partial charge in [-0.05, 0) is 19.3 Å². The molecule has 9 nitrogen and oxygen atoms in total. The minimum atomic E-state index is -0.887. The normalized spacial score (nSPS) is 13.3. The largest absolute Gasteiger partial charge is 0.459 e. The lowest BCUT2D eigenvalue weighted by Crippen LogP contribution is -2.46. The lowest BCUT2D eigenvalue weighted by Gasteiger charge is -2.23. The number of carbonyl (C=O) groups excluding carboxylic acids is 1. The predicted molar refractivity (Wildman–Crippen MR) is 82.3 cm³/mol. The van der Waals surface area contributed by atoms with Crippen molar-refractivity contribution >= 4 is 5.97 Å². The van der Waals surface area contributed by atoms with Gasteiger partial charge in [0.1, 0.15) is 6.10 Å². The van der Waals surface area contributed by atoms with Crippen LogP contribution in [0.15, 0.2) is 27.0 Å². The third-order valence-corrected chi connectivity index (χ3v) is 3.38. The Kier molecular flexibility index (Phi) is 7.20. The van der Waals surface area contributed by atoms with Crippen LogP contribution in [-0.2, 0) is 9.53 Å². The number of aromatic amines is 2. The number of aromatic nitrogens is 3. The molecule has 0 aromatic carbocycles. The van der Waals surface area contributed by atoms with Crippen LogP contribution in [0.25, 0.3) is 0 Å². The fourth-order valence-electron chi connectivity index (χ4n) is 2.26. The number of carbonyl (C=O) groups is 1. The number of nitrogens with zero attached hydrogens (tertiary/aromatic N) is 1. The van der Waals surface area contributed by atoms with Crippen LogP contribution in [0, 0.1) is 0 Å². The maximum Gasteiger partial charge on any atom is 0.333 e. The van der Waals surface area contributed by atoms with Gasteiger partial charge in [-0.15, -0.1) is 0 Å². The lowest BCUT2D eigenvalue weighted by atomic mass is 10.0. The van der Waals surface area contributed by atoms with Crippen LogP contribution in [0.5, 0.6) is 0 Å². The molecule has 1 aromatic heterocycles. The molecule has 0 aliphatic carbocycles. The first-order valence-corrected chi connectivity index (χ1v) is 7.31. The van der Waals surface area contributed by atoms with Gasteiger partial charge in [-0.1, -0.05) is 13.5 Å². The molecule has 0 aliphatic rings. The molecule has 23 heavy (non-hydrogen) atoms. The number of rotatable bonds is 9. The predicted octanol–water partition coefficient (Wildman–Crippen LogP) is -0.564. The Morgan fingerprint density at radius 3 is 2.43 bits per heavy atom. The van der Waals surface area contributed by atoms with Crippen molar-refractivity contribution in [1.82, 2.24) is 14.5 Å². The molecular formula is C14H21N3O6. The summed E-state index contributed by atoms with van der Waals surface area (Å²) in [4.78, 5) is 50.3. The highest BCUT2D eigenvalue weighted by Crippen LogP contribution is 2.20. The van der Waals surface area contributed by atoms with E-state index in [1.807, 2.05) is 9.97 Å². The zero-order chi connectivity index (χ0) is 17.4. The molecule has 0 bridgehead atoms. The molecule has 0 fully saturated rings. The summed E-state index contributed by atoms with van der Waals surface area (Å²) in [6, 6.07) is -0.627. The number of hydrogen-bond donors (Lipinski definition) is 3. The van der Waals surface area contributed by atoms with Crippen molar-refractivity contribution in [2.45, 2.75) is 44.8 Å². The third-order valence-electron chi connectivity index (χ3n) is 3.38. The highest BCUT2D eigenvalue weighted by Gasteiger charge is 2.22. The van der Waals surface area contributed by atoms with Crippen molar-refractivity contribution in [1.29, 1.82) is 0 Å². The highest BCUT2D eigenvalue weighted by atomic mass is 16.5. The van der Waals surface area contributed by atoms with E-state index < -0.39 is 35.2 Å². The molecule has 9 heteroatoms. The summed E-state index contributed by atoms with van der Waals surface area (Å²) < 4.78 is 6.04. The molecule has 0 saturated carbocycles. The van der Waals surface area contributed by atoms with Crippen molar-refractivity contribution in [2.75, 3.05) is 6.61 Å². The Hall–Kier alpha value is -2.42. The summed E-state index contributed by atoms with van der Waals surface area (Å²) in [6.07, 6.45) is 1.85. The van der Waals surface area contributed by atoms with Gasteiger partial charge >= 0.3 is 23.0 Å². The van der Waals surface area contributed by atoms with E-state index in [-0.39, 0.29) is 13.0 Å². The minimum absolute atomic E-state index is 0.115. The van der Waals surface area contributed by atoms with Crippen molar-refractivity contribution in [2.24, 2.45) is 0 Å². The van der Waals surface area contributed by atoms with E-state index in [1.54, 1.807) is 6.92 Å². The Labute approximate surface area is 131 Å². The first kappa shape index (κ1) is 18.6. The van der Waals surface area contributed by atoms with Gasteiger partial charge in [0.15, 0.2) is 0 Å².